The van der Waals surface area contributed by atoms with Crippen molar-refractivity contribution in [1.82, 2.24) is 15.1 Å². The zero-order valence-electron chi connectivity index (χ0n) is 10.4. The Morgan fingerprint density at radius 3 is 2.82 bits per heavy atom. The molecule has 0 amide bonds. The van der Waals surface area contributed by atoms with E-state index in [0.29, 0.717) is 19.0 Å². The minimum absolute atomic E-state index is 0.232. The van der Waals surface area contributed by atoms with E-state index in [1.165, 1.54) is 0 Å². The number of hydrogen-bond donors (Lipinski definition) is 3. The van der Waals surface area contributed by atoms with E-state index in [2.05, 4.69) is 17.3 Å². The van der Waals surface area contributed by atoms with E-state index in [4.69, 9.17) is 5.11 Å². The van der Waals surface area contributed by atoms with Crippen LogP contribution >= 0.6 is 0 Å². The standard InChI is InChI=1S/C12H23N3O2/c1-2-11(4-7-16)8-13-9-12(17)10-15-6-3-5-14-15/h3,5-6,11-13,16-17H,2,4,7-10H2,1H3. The number of hydrogen-bond acceptors (Lipinski definition) is 4. The Morgan fingerprint density at radius 1 is 1.41 bits per heavy atom. The Morgan fingerprint density at radius 2 is 2.24 bits per heavy atom. The van der Waals surface area contributed by atoms with Crippen LogP contribution in [0.5, 0.6) is 0 Å². The maximum Gasteiger partial charge on any atom is 0.0860 e. The van der Waals surface area contributed by atoms with Gasteiger partial charge in [-0.25, -0.2) is 0 Å². The first-order chi connectivity index (χ1) is 8.26. The van der Waals surface area contributed by atoms with Crippen LogP contribution in [0.15, 0.2) is 18.5 Å². The van der Waals surface area contributed by atoms with Gasteiger partial charge in [0, 0.05) is 25.5 Å². The summed E-state index contributed by atoms with van der Waals surface area (Å²) >= 11 is 0. The molecule has 1 aromatic heterocycles. The number of aliphatic hydroxyl groups excluding tert-OH is 2. The highest BCUT2D eigenvalue weighted by Gasteiger charge is 2.08. The van der Waals surface area contributed by atoms with Crippen molar-refractivity contribution in [3.8, 4) is 0 Å². The number of nitrogens with zero attached hydrogens (tertiary/aromatic N) is 2. The van der Waals surface area contributed by atoms with Crippen LogP contribution in [0, 0.1) is 5.92 Å². The summed E-state index contributed by atoms with van der Waals surface area (Å²) in [7, 11) is 0. The summed E-state index contributed by atoms with van der Waals surface area (Å²) in [6, 6.07) is 1.84. The van der Waals surface area contributed by atoms with Crippen molar-refractivity contribution in [2.45, 2.75) is 32.4 Å². The van der Waals surface area contributed by atoms with Gasteiger partial charge in [-0.2, -0.15) is 5.10 Å². The largest absolute Gasteiger partial charge is 0.396 e. The molecule has 0 fully saturated rings. The molecule has 0 aliphatic heterocycles. The van der Waals surface area contributed by atoms with Crippen LogP contribution in [0.4, 0.5) is 0 Å². The Kier molecular flexibility index (Phi) is 6.84. The second-order valence-electron chi connectivity index (χ2n) is 4.33. The molecule has 0 spiro atoms. The summed E-state index contributed by atoms with van der Waals surface area (Å²) in [5.41, 5.74) is 0. The van der Waals surface area contributed by atoms with Crippen molar-refractivity contribution in [2.24, 2.45) is 5.92 Å². The lowest BCUT2D eigenvalue weighted by Gasteiger charge is -2.16. The predicted molar refractivity (Wildman–Crippen MR) is 66.6 cm³/mol. The minimum atomic E-state index is -0.429. The van der Waals surface area contributed by atoms with E-state index in [0.717, 1.165) is 19.4 Å². The summed E-state index contributed by atoms with van der Waals surface area (Å²) in [5.74, 6) is 0.483. The summed E-state index contributed by atoms with van der Waals surface area (Å²) in [6.45, 7) is 4.25. The molecule has 5 nitrogen and oxygen atoms in total. The van der Waals surface area contributed by atoms with Gasteiger partial charge in [0.2, 0.25) is 0 Å². The normalized spacial score (nSPS) is 14.8. The van der Waals surface area contributed by atoms with Gasteiger partial charge in [-0.3, -0.25) is 4.68 Å². The number of rotatable bonds is 9. The van der Waals surface area contributed by atoms with Crippen LogP contribution in [-0.4, -0.2) is 45.8 Å². The van der Waals surface area contributed by atoms with Crippen molar-refractivity contribution in [3.05, 3.63) is 18.5 Å². The Balaban J connectivity index is 2.13. The smallest absolute Gasteiger partial charge is 0.0860 e. The van der Waals surface area contributed by atoms with E-state index in [9.17, 15) is 5.11 Å². The Hall–Kier alpha value is -0.910. The summed E-state index contributed by atoms with van der Waals surface area (Å²) in [6.07, 6.45) is 4.97. The lowest BCUT2D eigenvalue weighted by molar-refractivity contribution is 0.144. The zero-order valence-corrected chi connectivity index (χ0v) is 10.4. The number of nitrogens with one attached hydrogen (secondary N) is 1. The molecule has 1 aromatic rings. The van der Waals surface area contributed by atoms with E-state index in [1.54, 1.807) is 10.9 Å². The maximum atomic E-state index is 9.76. The van der Waals surface area contributed by atoms with Gasteiger partial charge in [0.25, 0.3) is 0 Å². The van der Waals surface area contributed by atoms with Crippen molar-refractivity contribution in [3.63, 3.8) is 0 Å². The average Bonchev–Trinajstić information content (AvgIpc) is 2.80. The fraction of sp³-hybridized carbons (Fsp3) is 0.750. The van der Waals surface area contributed by atoms with Gasteiger partial charge < -0.3 is 15.5 Å². The van der Waals surface area contributed by atoms with Crippen molar-refractivity contribution in [1.29, 1.82) is 0 Å². The third kappa shape index (κ3) is 5.81. The zero-order chi connectivity index (χ0) is 12.5. The fourth-order valence-corrected chi connectivity index (χ4v) is 1.78. The quantitative estimate of drug-likeness (QED) is 0.579. The second kappa shape index (κ2) is 8.22. The molecule has 17 heavy (non-hydrogen) atoms. The summed E-state index contributed by atoms with van der Waals surface area (Å²) < 4.78 is 1.72. The first-order valence-electron chi connectivity index (χ1n) is 6.23. The molecule has 0 aromatic carbocycles. The molecule has 2 unspecified atom stereocenters. The monoisotopic (exact) mass is 241 g/mol. The molecule has 0 aliphatic carbocycles. The topological polar surface area (TPSA) is 70.3 Å². The van der Waals surface area contributed by atoms with Crippen LogP contribution in [0.25, 0.3) is 0 Å². The van der Waals surface area contributed by atoms with Crippen molar-refractivity contribution in [2.75, 3.05) is 19.7 Å². The molecule has 0 bridgehead atoms. The molecule has 0 saturated carbocycles. The van der Waals surface area contributed by atoms with Gasteiger partial charge in [0.1, 0.15) is 0 Å². The number of aliphatic hydroxyl groups is 2. The van der Waals surface area contributed by atoms with E-state index < -0.39 is 6.10 Å². The molecule has 5 heteroatoms. The van der Waals surface area contributed by atoms with Gasteiger partial charge in [-0.05, 0) is 24.9 Å². The molecule has 1 rings (SSSR count). The van der Waals surface area contributed by atoms with Gasteiger partial charge in [-0.1, -0.05) is 13.3 Å². The Bertz CT molecular complexity index is 277. The lowest BCUT2D eigenvalue weighted by Crippen LogP contribution is -2.33. The molecule has 0 saturated heterocycles. The second-order valence-corrected chi connectivity index (χ2v) is 4.33. The Labute approximate surface area is 102 Å². The minimum Gasteiger partial charge on any atom is -0.396 e. The van der Waals surface area contributed by atoms with E-state index in [-0.39, 0.29) is 6.61 Å². The first kappa shape index (κ1) is 14.2. The van der Waals surface area contributed by atoms with Gasteiger partial charge in [-0.15, -0.1) is 0 Å². The highest BCUT2D eigenvalue weighted by Crippen LogP contribution is 2.05. The molecule has 0 aliphatic rings. The van der Waals surface area contributed by atoms with Crippen molar-refractivity contribution >= 4 is 0 Å². The summed E-state index contributed by atoms with van der Waals surface area (Å²) in [4.78, 5) is 0. The fourth-order valence-electron chi connectivity index (χ4n) is 1.78. The van der Waals surface area contributed by atoms with Crippen LogP contribution in [0.2, 0.25) is 0 Å². The molecular formula is C12H23N3O2. The van der Waals surface area contributed by atoms with Crippen molar-refractivity contribution < 1.29 is 10.2 Å². The SMILES string of the molecule is CCC(CCO)CNCC(O)Cn1cccn1. The highest BCUT2D eigenvalue weighted by molar-refractivity contribution is 4.78. The van der Waals surface area contributed by atoms with Crippen LogP contribution in [0.3, 0.4) is 0 Å². The molecular weight excluding hydrogens is 218 g/mol. The summed E-state index contributed by atoms with van der Waals surface area (Å²) in [5, 5.41) is 25.9. The lowest BCUT2D eigenvalue weighted by atomic mass is 10.0. The number of aromatic nitrogens is 2. The predicted octanol–water partition coefficient (Wildman–Crippen LogP) is 0.242. The van der Waals surface area contributed by atoms with Crippen LogP contribution in [-0.2, 0) is 6.54 Å². The highest BCUT2D eigenvalue weighted by atomic mass is 16.3. The molecule has 0 radical (unpaired) electrons. The van der Waals surface area contributed by atoms with E-state index >= 15 is 0 Å². The third-order valence-corrected chi connectivity index (χ3v) is 2.88. The molecule has 2 atom stereocenters. The molecule has 98 valence electrons. The molecule has 1 heterocycles. The maximum absolute atomic E-state index is 9.76. The third-order valence-electron chi connectivity index (χ3n) is 2.88. The van der Waals surface area contributed by atoms with Crippen LogP contribution in [0.1, 0.15) is 19.8 Å². The van der Waals surface area contributed by atoms with E-state index in [1.807, 2.05) is 12.3 Å². The van der Waals surface area contributed by atoms with Gasteiger partial charge in [0.05, 0.1) is 12.6 Å². The average molecular weight is 241 g/mol. The van der Waals surface area contributed by atoms with Gasteiger partial charge >= 0.3 is 0 Å². The first-order valence-corrected chi connectivity index (χ1v) is 6.23. The van der Waals surface area contributed by atoms with Crippen LogP contribution < -0.4 is 5.32 Å². The van der Waals surface area contributed by atoms with Gasteiger partial charge in [0.15, 0.2) is 0 Å². The molecule has 3 N–H and O–H groups in total.